The molecule has 1 aliphatic rings. The molecular formula is C40H42N4O7. The SMILES string of the molecule is CC(C)(C)OC(=O)N[C@@H](CC(=O)NC(c1ccccc1)(c1ccccc1)c1ccccc1)C(=O)N[C@@H](Cc1ccccc1)C(=O)N1CCOC1=O. The molecule has 264 valence electrons. The Balaban J connectivity index is 1.49. The lowest BCUT2D eigenvalue weighted by Gasteiger charge is -2.37. The Labute approximate surface area is 297 Å². The third kappa shape index (κ3) is 9.18. The van der Waals surface area contributed by atoms with Gasteiger partial charge in [0.15, 0.2) is 0 Å². The number of carbonyl (C=O) groups is 5. The third-order valence-corrected chi connectivity index (χ3v) is 8.27. The summed E-state index contributed by atoms with van der Waals surface area (Å²) < 4.78 is 10.4. The third-order valence-electron chi connectivity index (χ3n) is 8.27. The number of hydrogen-bond donors (Lipinski definition) is 3. The molecule has 0 unspecified atom stereocenters. The maximum atomic E-state index is 14.3. The number of cyclic esters (lactones) is 1. The van der Waals surface area contributed by atoms with Gasteiger partial charge in [-0.15, -0.1) is 0 Å². The van der Waals surface area contributed by atoms with Crippen molar-refractivity contribution < 1.29 is 33.4 Å². The molecule has 0 aromatic heterocycles. The van der Waals surface area contributed by atoms with Gasteiger partial charge in [0, 0.05) is 6.42 Å². The first-order valence-corrected chi connectivity index (χ1v) is 16.8. The van der Waals surface area contributed by atoms with E-state index in [2.05, 4.69) is 16.0 Å². The molecule has 1 heterocycles. The maximum Gasteiger partial charge on any atom is 0.416 e. The van der Waals surface area contributed by atoms with Crippen LogP contribution in [0.2, 0.25) is 0 Å². The first-order chi connectivity index (χ1) is 24.5. The van der Waals surface area contributed by atoms with Gasteiger partial charge in [-0.2, -0.15) is 0 Å². The molecule has 0 aliphatic carbocycles. The molecule has 0 bridgehead atoms. The number of nitrogens with one attached hydrogen (secondary N) is 3. The first-order valence-electron chi connectivity index (χ1n) is 16.8. The van der Waals surface area contributed by atoms with Gasteiger partial charge in [0.25, 0.3) is 5.91 Å². The van der Waals surface area contributed by atoms with E-state index in [1.54, 1.807) is 45.0 Å². The summed E-state index contributed by atoms with van der Waals surface area (Å²) in [6.45, 7) is 5.08. The van der Waals surface area contributed by atoms with Crippen molar-refractivity contribution in [1.29, 1.82) is 0 Å². The second-order valence-electron chi connectivity index (χ2n) is 13.2. The summed E-state index contributed by atoms with van der Waals surface area (Å²) >= 11 is 0. The van der Waals surface area contributed by atoms with Gasteiger partial charge in [-0.05, 0) is 43.0 Å². The highest BCUT2D eigenvalue weighted by Crippen LogP contribution is 2.37. The van der Waals surface area contributed by atoms with Crippen molar-refractivity contribution in [1.82, 2.24) is 20.9 Å². The summed E-state index contributed by atoms with van der Waals surface area (Å²) in [7, 11) is 0. The number of rotatable bonds is 12. The summed E-state index contributed by atoms with van der Waals surface area (Å²) in [4.78, 5) is 68.4. The number of benzene rings is 4. The molecule has 1 aliphatic heterocycles. The summed E-state index contributed by atoms with van der Waals surface area (Å²) in [6, 6.07) is 34.6. The van der Waals surface area contributed by atoms with Gasteiger partial charge < -0.3 is 25.4 Å². The van der Waals surface area contributed by atoms with E-state index >= 15 is 0 Å². The predicted octanol–water partition coefficient (Wildman–Crippen LogP) is 5.08. The van der Waals surface area contributed by atoms with E-state index in [1.807, 2.05) is 97.1 Å². The lowest BCUT2D eigenvalue weighted by atomic mass is 9.77. The predicted molar refractivity (Wildman–Crippen MR) is 190 cm³/mol. The van der Waals surface area contributed by atoms with Crippen LogP contribution in [0, 0.1) is 0 Å². The smallest absolute Gasteiger partial charge is 0.416 e. The fraction of sp³-hybridized carbons (Fsp3) is 0.275. The summed E-state index contributed by atoms with van der Waals surface area (Å²) in [5, 5.41) is 8.46. The fourth-order valence-electron chi connectivity index (χ4n) is 5.99. The van der Waals surface area contributed by atoms with Crippen LogP contribution in [-0.4, -0.2) is 65.6 Å². The zero-order chi connectivity index (χ0) is 36.4. The molecule has 4 aromatic rings. The average Bonchev–Trinajstić information content (AvgIpc) is 3.56. The Morgan fingerprint density at radius 1 is 0.725 bits per heavy atom. The van der Waals surface area contributed by atoms with Crippen molar-refractivity contribution in [2.75, 3.05) is 13.2 Å². The molecular weight excluding hydrogens is 648 g/mol. The zero-order valence-electron chi connectivity index (χ0n) is 28.8. The normalized spacial score (nSPS) is 14.1. The Morgan fingerprint density at radius 2 is 1.22 bits per heavy atom. The molecule has 11 nitrogen and oxygen atoms in total. The molecule has 0 saturated carbocycles. The molecule has 1 fully saturated rings. The molecule has 1 saturated heterocycles. The molecule has 0 spiro atoms. The van der Waals surface area contributed by atoms with Crippen molar-refractivity contribution in [2.24, 2.45) is 0 Å². The number of hydrogen-bond acceptors (Lipinski definition) is 7. The van der Waals surface area contributed by atoms with Gasteiger partial charge in [0.05, 0.1) is 13.0 Å². The van der Waals surface area contributed by atoms with Gasteiger partial charge in [0.1, 0.15) is 29.8 Å². The number of carbonyl (C=O) groups excluding carboxylic acids is 5. The lowest BCUT2D eigenvalue weighted by Crippen LogP contribution is -2.57. The topological polar surface area (TPSA) is 143 Å². The van der Waals surface area contributed by atoms with E-state index in [0.717, 1.165) is 27.2 Å². The highest BCUT2D eigenvalue weighted by Gasteiger charge is 2.40. The molecule has 5 amide bonds. The second-order valence-corrected chi connectivity index (χ2v) is 13.2. The molecule has 5 rings (SSSR count). The highest BCUT2D eigenvalue weighted by molar-refractivity contribution is 5.99. The highest BCUT2D eigenvalue weighted by atomic mass is 16.6. The molecule has 2 atom stereocenters. The maximum absolute atomic E-state index is 14.3. The number of ether oxygens (including phenoxy) is 2. The standard InChI is InChI=1S/C40H42N4O7/c1-39(2,3)51-37(48)42-32(35(46)41-33(26-28-16-8-4-9-17-28)36(47)44-24-25-50-38(44)49)27-34(45)43-40(29-18-10-5-11-19-29,30-20-12-6-13-21-30)31-22-14-7-15-23-31/h4-23,32-33H,24-27H2,1-3H3,(H,41,46)(H,42,48)(H,43,45)/t32-,33-/m0/s1. The zero-order valence-corrected chi connectivity index (χ0v) is 28.8. The van der Waals surface area contributed by atoms with Gasteiger partial charge in [-0.1, -0.05) is 121 Å². The Morgan fingerprint density at radius 3 is 1.67 bits per heavy atom. The van der Waals surface area contributed by atoms with E-state index in [9.17, 15) is 24.0 Å². The van der Waals surface area contributed by atoms with Gasteiger partial charge in [-0.25, -0.2) is 14.5 Å². The number of amides is 5. The Kier molecular flexibility index (Phi) is 11.5. The number of alkyl carbamates (subject to hydrolysis) is 1. The van der Waals surface area contributed by atoms with Gasteiger partial charge in [-0.3, -0.25) is 14.4 Å². The van der Waals surface area contributed by atoms with Crippen molar-refractivity contribution in [3.05, 3.63) is 144 Å². The van der Waals surface area contributed by atoms with Crippen LogP contribution in [0.15, 0.2) is 121 Å². The largest absolute Gasteiger partial charge is 0.447 e. The van der Waals surface area contributed by atoms with E-state index in [-0.39, 0.29) is 19.6 Å². The summed E-state index contributed by atoms with van der Waals surface area (Å²) in [6.07, 6.45) is -2.21. The quantitative estimate of drug-likeness (QED) is 0.176. The van der Waals surface area contributed by atoms with Crippen LogP contribution in [0.25, 0.3) is 0 Å². The van der Waals surface area contributed by atoms with Crippen molar-refractivity contribution >= 4 is 29.9 Å². The van der Waals surface area contributed by atoms with Crippen LogP contribution in [-0.2, 0) is 35.8 Å². The van der Waals surface area contributed by atoms with Crippen molar-refractivity contribution in [3.8, 4) is 0 Å². The van der Waals surface area contributed by atoms with E-state index in [1.165, 1.54) is 0 Å². The van der Waals surface area contributed by atoms with E-state index in [4.69, 9.17) is 9.47 Å². The molecule has 11 heteroatoms. The first kappa shape index (κ1) is 36.3. The minimum Gasteiger partial charge on any atom is -0.447 e. The van der Waals surface area contributed by atoms with Gasteiger partial charge in [0.2, 0.25) is 11.8 Å². The van der Waals surface area contributed by atoms with Crippen LogP contribution in [0.5, 0.6) is 0 Å². The minimum absolute atomic E-state index is 0.0291. The molecule has 51 heavy (non-hydrogen) atoms. The average molecular weight is 691 g/mol. The van der Waals surface area contributed by atoms with E-state index in [0.29, 0.717) is 0 Å². The Hall–Kier alpha value is -5.97. The molecule has 4 aromatic carbocycles. The number of nitrogens with zero attached hydrogens (tertiary/aromatic N) is 1. The number of imide groups is 1. The van der Waals surface area contributed by atoms with Crippen LogP contribution >= 0.6 is 0 Å². The summed E-state index contributed by atoms with van der Waals surface area (Å²) in [5.74, 6) is -2.06. The van der Waals surface area contributed by atoms with Crippen LogP contribution in [0.1, 0.15) is 49.4 Å². The van der Waals surface area contributed by atoms with Crippen LogP contribution in [0.3, 0.4) is 0 Å². The second kappa shape index (κ2) is 16.2. The van der Waals surface area contributed by atoms with Crippen LogP contribution < -0.4 is 16.0 Å². The van der Waals surface area contributed by atoms with Crippen molar-refractivity contribution in [3.63, 3.8) is 0 Å². The fourth-order valence-corrected chi connectivity index (χ4v) is 5.99. The molecule has 0 radical (unpaired) electrons. The lowest BCUT2D eigenvalue weighted by molar-refractivity contribution is -0.135. The van der Waals surface area contributed by atoms with Crippen LogP contribution in [0.4, 0.5) is 9.59 Å². The van der Waals surface area contributed by atoms with Gasteiger partial charge >= 0.3 is 12.2 Å². The van der Waals surface area contributed by atoms with Crippen molar-refractivity contribution in [2.45, 2.75) is 56.8 Å². The Bertz CT molecular complexity index is 1720. The summed E-state index contributed by atoms with van der Waals surface area (Å²) in [5.41, 5.74) is 0.929. The van der Waals surface area contributed by atoms with E-state index < -0.39 is 59.6 Å². The monoisotopic (exact) mass is 690 g/mol. The molecule has 3 N–H and O–H groups in total. The minimum atomic E-state index is -1.48.